The second kappa shape index (κ2) is 14.1. The minimum absolute atomic E-state index is 0.0932. The molecule has 0 aliphatic heterocycles. The van der Waals surface area contributed by atoms with Crippen LogP contribution >= 0.6 is 11.6 Å². The van der Waals surface area contributed by atoms with Gasteiger partial charge in [0.2, 0.25) is 11.8 Å². The number of hydrogen-bond acceptors (Lipinski definition) is 4. The van der Waals surface area contributed by atoms with E-state index < -0.39 is 45.8 Å². The first kappa shape index (κ1) is 32.7. The maximum atomic E-state index is 15.2. The third-order valence-electron chi connectivity index (χ3n) is 6.80. The van der Waals surface area contributed by atoms with Crippen molar-refractivity contribution in [2.45, 2.75) is 50.2 Å². The lowest BCUT2D eigenvalue weighted by molar-refractivity contribution is -0.140. The maximum Gasteiger partial charge on any atom is 0.264 e. The van der Waals surface area contributed by atoms with Gasteiger partial charge in [-0.05, 0) is 62.2 Å². The molecule has 4 aromatic carbocycles. The summed E-state index contributed by atoms with van der Waals surface area (Å²) in [4.78, 5) is 29.5. The van der Waals surface area contributed by atoms with E-state index >= 15 is 4.39 Å². The van der Waals surface area contributed by atoms with Crippen LogP contribution in [0.2, 0.25) is 5.02 Å². The Morgan fingerprint density at radius 1 is 0.841 bits per heavy atom. The number of hydrogen-bond donors (Lipinski definition) is 1. The maximum absolute atomic E-state index is 15.2. The number of benzene rings is 4. The summed E-state index contributed by atoms with van der Waals surface area (Å²) >= 11 is 6.50. The van der Waals surface area contributed by atoms with Crippen molar-refractivity contribution in [3.8, 4) is 0 Å². The molecule has 0 heterocycles. The van der Waals surface area contributed by atoms with E-state index in [2.05, 4.69) is 5.32 Å². The van der Waals surface area contributed by atoms with Crippen LogP contribution in [-0.4, -0.2) is 43.3 Å². The van der Waals surface area contributed by atoms with Crippen molar-refractivity contribution >= 4 is 39.1 Å². The summed E-state index contributed by atoms with van der Waals surface area (Å²) in [5.74, 6) is -1.95. The smallest absolute Gasteiger partial charge is 0.264 e. The highest BCUT2D eigenvalue weighted by Crippen LogP contribution is 2.28. The number of halogens is 2. The van der Waals surface area contributed by atoms with Crippen LogP contribution in [0.5, 0.6) is 0 Å². The van der Waals surface area contributed by atoms with Gasteiger partial charge in [-0.25, -0.2) is 12.8 Å². The summed E-state index contributed by atoms with van der Waals surface area (Å²) < 4.78 is 43.8. The quantitative estimate of drug-likeness (QED) is 0.212. The topological polar surface area (TPSA) is 86.8 Å². The number of sulfonamides is 1. The fraction of sp³-hybridized carbons (Fsp3) is 0.235. The largest absolute Gasteiger partial charge is 0.350 e. The number of nitrogens with zero attached hydrogens (tertiary/aromatic N) is 2. The van der Waals surface area contributed by atoms with E-state index in [0.29, 0.717) is 10.6 Å². The molecule has 1 N–H and O–H groups in total. The first-order valence-electron chi connectivity index (χ1n) is 14.1. The molecule has 0 bridgehead atoms. The predicted molar refractivity (Wildman–Crippen MR) is 171 cm³/mol. The van der Waals surface area contributed by atoms with Gasteiger partial charge < -0.3 is 10.2 Å². The number of anilines is 1. The molecule has 7 nitrogen and oxygen atoms in total. The lowest BCUT2D eigenvalue weighted by atomic mass is 10.0. The van der Waals surface area contributed by atoms with E-state index in [1.54, 1.807) is 42.5 Å². The number of rotatable bonds is 11. The van der Waals surface area contributed by atoms with Crippen LogP contribution in [-0.2, 0) is 32.6 Å². The first-order chi connectivity index (χ1) is 20.9. The van der Waals surface area contributed by atoms with E-state index in [1.807, 2.05) is 51.1 Å². The minimum atomic E-state index is -4.40. The van der Waals surface area contributed by atoms with Gasteiger partial charge in [-0.1, -0.05) is 90.5 Å². The standard InChI is InChI=1S/C34H35ClFN3O4S/c1-34(2,3)37-33(41)31(22-25-14-6-4-7-15-25)38(23-26-16-10-11-19-28(26)35)32(40)24-39(30-21-13-12-20-29(30)36)44(42,43)27-17-8-5-9-18-27/h4-21,31H,22-24H2,1-3H3,(H,37,41)/t31-/m0/s1. The summed E-state index contributed by atoms with van der Waals surface area (Å²) in [7, 11) is -4.40. The zero-order valence-electron chi connectivity index (χ0n) is 24.8. The molecule has 0 spiro atoms. The van der Waals surface area contributed by atoms with Gasteiger partial charge in [0.15, 0.2) is 0 Å². The van der Waals surface area contributed by atoms with Crippen LogP contribution in [0, 0.1) is 5.82 Å². The number of amides is 2. The van der Waals surface area contributed by atoms with Crippen LogP contribution in [0.25, 0.3) is 0 Å². The average Bonchev–Trinajstić information content (AvgIpc) is 2.99. The zero-order chi connectivity index (χ0) is 31.9. The molecule has 4 rings (SSSR count). The molecular formula is C34H35ClFN3O4S. The summed E-state index contributed by atoms with van der Waals surface area (Å²) in [5.41, 5.74) is 0.441. The normalized spacial score (nSPS) is 12.3. The molecule has 0 unspecified atom stereocenters. The second-order valence-electron chi connectivity index (χ2n) is 11.3. The Kier molecular flexibility index (Phi) is 10.4. The summed E-state index contributed by atoms with van der Waals surface area (Å²) in [6, 6.07) is 27.9. The Labute approximate surface area is 263 Å². The molecule has 0 fully saturated rings. The van der Waals surface area contributed by atoms with Gasteiger partial charge in [0.1, 0.15) is 18.4 Å². The van der Waals surface area contributed by atoms with Gasteiger partial charge in [-0.3, -0.25) is 13.9 Å². The fourth-order valence-electron chi connectivity index (χ4n) is 4.70. The van der Waals surface area contributed by atoms with E-state index in [0.717, 1.165) is 15.9 Å². The van der Waals surface area contributed by atoms with E-state index in [-0.39, 0.29) is 23.5 Å². The van der Waals surface area contributed by atoms with Crippen molar-refractivity contribution in [3.63, 3.8) is 0 Å². The van der Waals surface area contributed by atoms with Crippen LogP contribution < -0.4 is 9.62 Å². The molecular weight excluding hydrogens is 601 g/mol. The molecule has 0 saturated carbocycles. The Balaban J connectivity index is 1.83. The summed E-state index contributed by atoms with van der Waals surface area (Å²) in [6.45, 7) is 4.63. The molecule has 0 aromatic heterocycles. The van der Waals surface area contributed by atoms with Crippen LogP contribution in [0.4, 0.5) is 10.1 Å². The Hall–Kier alpha value is -4.21. The Morgan fingerprint density at radius 2 is 1.41 bits per heavy atom. The van der Waals surface area contributed by atoms with Crippen molar-refractivity contribution in [2.75, 3.05) is 10.8 Å². The van der Waals surface area contributed by atoms with E-state index in [9.17, 15) is 18.0 Å². The van der Waals surface area contributed by atoms with Gasteiger partial charge >= 0.3 is 0 Å². The second-order valence-corrected chi connectivity index (χ2v) is 13.6. The third-order valence-corrected chi connectivity index (χ3v) is 8.94. The molecule has 0 aliphatic carbocycles. The van der Waals surface area contributed by atoms with Gasteiger partial charge in [0.05, 0.1) is 10.6 Å². The highest BCUT2D eigenvalue weighted by Gasteiger charge is 2.36. The fourth-order valence-corrected chi connectivity index (χ4v) is 6.34. The lowest BCUT2D eigenvalue weighted by Crippen LogP contribution is -2.56. The van der Waals surface area contributed by atoms with Crippen LogP contribution in [0.1, 0.15) is 31.9 Å². The van der Waals surface area contributed by atoms with E-state index in [1.165, 1.54) is 35.2 Å². The lowest BCUT2D eigenvalue weighted by Gasteiger charge is -2.35. The Morgan fingerprint density at radius 3 is 2.02 bits per heavy atom. The van der Waals surface area contributed by atoms with Crippen molar-refractivity contribution in [1.29, 1.82) is 0 Å². The molecule has 44 heavy (non-hydrogen) atoms. The average molecular weight is 636 g/mol. The molecule has 0 saturated heterocycles. The number of para-hydroxylation sites is 1. The Bertz CT molecular complexity index is 1700. The van der Waals surface area contributed by atoms with Crippen molar-refractivity contribution < 1.29 is 22.4 Å². The summed E-state index contributed by atoms with van der Waals surface area (Å²) in [6.07, 6.45) is 0.143. The monoisotopic (exact) mass is 635 g/mol. The molecule has 230 valence electrons. The molecule has 4 aromatic rings. The van der Waals surface area contributed by atoms with Gasteiger partial charge in [-0.2, -0.15) is 0 Å². The molecule has 10 heteroatoms. The van der Waals surface area contributed by atoms with Crippen LogP contribution in [0.3, 0.4) is 0 Å². The zero-order valence-corrected chi connectivity index (χ0v) is 26.4. The summed E-state index contributed by atoms with van der Waals surface area (Å²) in [5, 5.41) is 3.35. The van der Waals surface area contributed by atoms with Crippen molar-refractivity contribution in [1.82, 2.24) is 10.2 Å². The van der Waals surface area contributed by atoms with Gasteiger partial charge in [0, 0.05) is 23.5 Å². The molecule has 1 atom stereocenters. The number of carbonyl (C=O) groups excluding carboxylic acids is 2. The third kappa shape index (κ3) is 8.24. The SMILES string of the molecule is CC(C)(C)NC(=O)[C@H](Cc1ccccc1)N(Cc1ccccc1Cl)C(=O)CN(c1ccccc1F)S(=O)(=O)c1ccccc1. The highest BCUT2D eigenvalue weighted by atomic mass is 35.5. The minimum Gasteiger partial charge on any atom is -0.350 e. The van der Waals surface area contributed by atoms with Crippen molar-refractivity contribution in [3.05, 3.63) is 131 Å². The van der Waals surface area contributed by atoms with Gasteiger partial charge in [0.25, 0.3) is 10.0 Å². The predicted octanol–water partition coefficient (Wildman–Crippen LogP) is 6.23. The molecule has 0 aliphatic rings. The first-order valence-corrected chi connectivity index (χ1v) is 15.9. The van der Waals surface area contributed by atoms with Crippen LogP contribution in [0.15, 0.2) is 114 Å². The molecule has 0 radical (unpaired) electrons. The van der Waals surface area contributed by atoms with Crippen molar-refractivity contribution in [2.24, 2.45) is 0 Å². The number of nitrogens with one attached hydrogen (secondary N) is 1. The number of carbonyl (C=O) groups is 2. The molecule has 2 amide bonds. The van der Waals surface area contributed by atoms with E-state index in [4.69, 9.17) is 11.6 Å². The highest BCUT2D eigenvalue weighted by molar-refractivity contribution is 7.92. The van der Waals surface area contributed by atoms with Gasteiger partial charge in [-0.15, -0.1) is 0 Å².